The van der Waals surface area contributed by atoms with E-state index in [1.54, 1.807) is 0 Å². The molecule has 0 amide bonds. The average Bonchev–Trinajstić information content (AvgIpc) is 2.61. The summed E-state index contributed by atoms with van der Waals surface area (Å²) < 4.78 is 0. The van der Waals surface area contributed by atoms with Gasteiger partial charge in [-0.25, -0.2) is 0 Å². The lowest BCUT2D eigenvalue weighted by Crippen LogP contribution is -2.29. The van der Waals surface area contributed by atoms with Crippen molar-refractivity contribution in [1.29, 1.82) is 0 Å². The predicted molar refractivity (Wildman–Crippen MR) is 65.0 cm³/mol. The summed E-state index contributed by atoms with van der Waals surface area (Å²) in [6.07, 6.45) is 2.43. The van der Waals surface area contributed by atoms with Crippen LogP contribution in [0.5, 0.6) is 0 Å². The predicted octanol–water partition coefficient (Wildman–Crippen LogP) is 3.90. The van der Waals surface area contributed by atoms with Crippen molar-refractivity contribution in [3.05, 3.63) is 21.9 Å². The molecule has 2 heteroatoms. The molecule has 1 aromatic heterocycles. The summed E-state index contributed by atoms with van der Waals surface area (Å²) in [4.78, 5) is 2.85. The van der Waals surface area contributed by atoms with Gasteiger partial charge in [0.05, 0.1) is 0 Å². The lowest BCUT2D eigenvalue weighted by molar-refractivity contribution is 0.436. The number of rotatable bonds is 5. The molecule has 0 aliphatic rings. The highest BCUT2D eigenvalue weighted by molar-refractivity contribution is 7.12. The van der Waals surface area contributed by atoms with Crippen molar-refractivity contribution in [3.63, 3.8) is 0 Å². The average molecular weight is 211 g/mol. The molecule has 1 heterocycles. The van der Waals surface area contributed by atoms with E-state index in [1.807, 2.05) is 11.3 Å². The molecule has 14 heavy (non-hydrogen) atoms. The van der Waals surface area contributed by atoms with Crippen LogP contribution in [-0.4, -0.2) is 6.04 Å². The van der Waals surface area contributed by atoms with Crippen LogP contribution in [0.1, 0.15) is 49.4 Å². The van der Waals surface area contributed by atoms with Crippen molar-refractivity contribution in [3.8, 4) is 0 Å². The number of hydrogen-bond acceptors (Lipinski definition) is 2. The molecule has 80 valence electrons. The molecular weight excluding hydrogens is 190 g/mol. The van der Waals surface area contributed by atoms with Gasteiger partial charge >= 0.3 is 0 Å². The molecule has 0 radical (unpaired) electrons. The quantitative estimate of drug-likeness (QED) is 0.779. The minimum Gasteiger partial charge on any atom is -0.307 e. The van der Waals surface area contributed by atoms with Crippen molar-refractivity contribution in [2.45, 2.75) is 52.6 Å². The van der Waals surface area contributed by atoms with Gasteiger partial charge in [0, 0.05) is 21.8 Å². The summed E-state index contributed by atoms with van der Waals surface area (Å²) in [5.41, 5.74) is 0. The fraction of sp³-hybridized carbons (Fsp3) is 0.667. The van der Waals surface area contributed by atoms with Crippen molar-refractivity contribution in [2.75, 3.05) is 0 Å². The van der Waals surface area contributed by atoms with Gasteiger partial charge in [0.2, 0.25) is 0 Å². The Morgan fingerprint density at radius 3 is 2.36 bits per heavy atom. The van der Waals surface area contributed by atoms with Crippen molar-refractivity contribution in [1.82, 2.24) is 5.32 Å². The molecule has 1 nitrogen and oxygen atoms in total. The summed E-state index contributed by atoms with van der Waals surface area (Å²) in [5.74, 6) is 0. The summed E-state index contributed by atoms with van der Waals surface area (Å²) in [5, 5.41) is 3.66. The monoisotopic (exact) mass is 211 g/mol. The van der Waals surface area contributed by atoms with Gasteiger partial charge < -0.3 is 5.32 Å². The van der Waals surface area contributed by atoms with Gasteiger partial charge in [0.15, 0.2) is 0 Å². The lowest BCUT2D eigenvalue weighted by Gasteiger charge is -2.20. The molecule has 0 fully saturated rings. The van der Waals surface area contributed by atoms with E-state index in [0.717, 1.165) is 0 Å². The molecule has 1 rings (SSSR count). The van der Waals surface area contributed by atoms with Crippen LogP contribution in [0.4, 0.5) is 0 Å². The minimum atomic E-state index is 0.499. The van der Waals surface area contributed by atoms with Crippen LogP contribution in [0, 0.1) is 6.92 Å². The first-order valence-corrected chi connectivity index (χ1v) is 6.31. The van der Waals surface area contributed by atoms with Crippen LogP contribution in [0.2, 0.25) is 0 Å². The molecule has 0 aliphatic heterocycles. The van der Waals surface area contributed by atoms with Crippen LogP contribution < -0.4 is 5.32 Å². The highest BCUT2D eigenvalue weighted by Crippen LogP contribution is 2.23. The summed E-state index contributed by atoms with van der Waals surface area (Å²) in [7, 11) is 0. The molecule has 1 unspecified atom stereocenters. The van der Waals surface area contributed by atoms with E-state index in [0.29, 0.717) is 12.1 Å². The number of thiophene rings is 1. The number of hydrogen-bond donors (Lipinski definition) is 1. The van der Waals surface area contributed by atoms with E-state index < -0.39 is 0 Å². The van der Waals surface area contributed by atoms with Crippen LogP contribution in [0.25, 0.3) is 0 Å². The highest BCUT2D eigenvalue weighted by atomic mass is 32.1. The Balaban J connectivity index is 2.53. The maximum Gasteiger partial charge on any atom is 0.0388 e. The first-order chi connectivity index (χ1) is 6.67. The van der Waals surface area contributed by atoms with E-state index in [2.05, 4.69) is 45.1 Å². The van der Waals surface area contributed by atoms with Gasteiger partial charge in [-0.1, -0.05) is 13.8 Å². The SMILES string of the molecule is CCC(CC)NC(C)c1ccc(C)s1. The van der Waals surface area contributed by atoms with E-state index in [1.165, 1.54) is 22.6 Å². The van der Waals surface area contributed by atoms with E-state index in [9.17, 15) is 0 Å². The van der Waals surface area contributed by atoms with E-state index in [-0.39, 0.29) is 0 Å². The smallest absolute Gasteiger partial charge is 0.0388 e. The molecule has 1 aromatic rings. The largest absolute Gasteiger partial charge is 0.307 e. The Hall–Kier alpha value is -0.340. The van der Waals surface area contributed by atoms with E-state index >= 15 is 0 Å². The number of aryl methyl sites for hydroxylation is 1. The Bertz CT molecular complexity index is 263. The molecule has 1 N–H and O–H groups in total. The van der Waals surface area contributed by atoms with Crippen LogP contribution in [0.15, 0.2) is 12.1 Å². The van der Waals surface area contributed by atoms with Crippen molar-refractivity contribution < 1.29 is 0 Å². The standard InChI is InChI=1S/C12H21NS/c1-5-11(6-2)13-10(4)12-8-7-9(3)14-12/h7-8,10-11,13H,5-6H2,1-4H3. The van der Waals surface area contributed by atoms with Crippen LogP contribution in [-0.2, 0) is 0 Å². The third-order valence-corrected chi connectivity index (χ3v) is 3.84. The van der Waals surface area contributed by atoms with Gasteiger partial charge in [-0.2, -0.15) is 0 Å². The lowest BCUT2D eigenvalue weighted by atomic mass is 10.1. The van der Waals surface area contributed by atoms with Gasteiger partial charge in [-0.05, 0) is 38.8 Å². The molecule has 0 bridgehead atoms. The maximum absolute atomic E-state index is 3.66. The topological polar surface area (TPSA) is 12.0 Å². The summed E-state index contributed by atoms with van der Waals surface area (Å²) in [6, 6.07) is 5.59. The molecule has 0 aliphatic carbocycles. The Morgan fingerprint density at radius 1 is 1.29 bits per heavy atom. The number of nitrogens with one attached hydrogen (secondary N) is 1. The zero-order valence-corrected chi connectivity index (χ0v) is 10.4. The Morgan fingerprint density at radius 2 is 1.93 bits per heavy atom. The maximum atomic E-state index is 3.66. The van der Waals surface area contributed by atoms with Gasteiger partial charge in [-0.3, -0.25) is 0 Å². The summed E-state index contributed by atoms with van der Waals surface area (Å²) >= 11 is 1.90. The van der Waals surface area contributed by atoms with E-state index in [4.69, 9.17) is 0 Å². The second-order valence-corrected chi connectivity index (χ2v) is 5.17. The molecule has 1 atom stereocenters. The van der Waals surface area contributed by atoms with Gasteiger partial charge in [0.1, 0.15) is 0 Å². The fourth-order valence-electron chi connectivity index (χ4n) is 1.65. The Kier molecular flexibility index (Phi) is 4.63. The van der Waals surface area contributed by atoms with Crippen LogP contribution >= 0.6 is 11.3 Å². The van der Waals surface area contributed by atoms with Gasteiger partial charge in [0.25, 0.3) is 0 Å². The zero-order chi connectivity index (χ0) is 10.6. The van der Waals surface area contributed by atoms with Gasteiger partial charge in [-0.15, -0.1) is 11.3 Å². The zero-order valence-electron chi connectivity index (χ0n) is 9.63. The molecule has 0 saturated carbocycles. The molecule has 0 aromatic carbocycles. The molecular formula is C12H21NS. The first-order valence-electron chi connectivity index (χ1n) is 5.49. The third kappa shape index (κ3) is 3.10. The normalized spacial score (nSPS) is 13.5. The van der Waals surface area contributed by atoms with Crippen LogP contribution in [0.3, 0.4) is 0 Å². The fourth-order valence-corrected chi connectivity index (χ4v) is 2.53. The van der Waals surface area contributed by atoms with Crippen molar-refractivity contribution >= 4 is 11.3 Å². The molecule has 0 saturated heterocycles. The highest BCUT2D eigenvalue weighted by Gasteiger charge is 2.11. The molecule has 0 spiro atoms. The first kappa shape index (κ1) is 11.7. The van der Waals surface area contributed by atoms with Crippen molar-refractivity contribution in [2.24, 2.45) is 0 Å². The minimum absolute atomic E-state index is 0.499. The summed E-state index contributed by atoms with van der Waals surface area (Å²) in [6.45, 7) is 8.91. The second-order valence-electron chi connectivity index (χ2n) is 3.85. The second kappa shape index (κ2) is 5.52. The Labute approximate surface area is 91.5 Å². The third-order valence-electron chi connectivity index (χ3n) is 2.66.